The molecular formula is C15H21NO4. The molecule has 0 bridgehead atoms. The molecule has 1 aromatic carbocycles. The second kappa shape index (κ2) is 9.09. The molecule has 110 valence electrons. The van der Waals surface area contributed by atoms with E-state index in [2.05, 4.69) is 5.32 Å². The highest BCUT2D eigenvalue weighted by atomic mass is 16.5. The fourth-order valence-electron chi connectivity index (χ4n) is 1.80. The molecule has 0 aliphatic heterocycles. The minimum atomic E-state index is -0.773. The van der Waals surface area contributed by atoms with E-state index >= 15 is 0 Å². The summed E-state index contributed by atoms with van der Waals surface area (Å²) in [5.41, 5.74) is 1.65. The van der Waals surface area contributed by atoms with Crippen molar-refractivity contribution in [3.8, 4) is 0 Å². The number of carboxylic acids is 1. The van der Waals surface area contributed by atoms with Crippen molar-refractivity contribution >= 4 is 11.9 Å². The van der Waals surface area contributed by atoms with Crippen molar-refractivity contribution in [3.63, 3.8) is 0 Å². The first kappa shape index (κ1) is 16.2. The molecule has 0 heterocycles. The standard InChI is InChI=1S/C15H21NO4/c1-20-11-12-6-8-13(9-7-12)15(19)16-10-4-2-3-5-14(17)18/h6-9H,2-5,10-11H2,1H3,(H,16,19)(H,17,18). The van der Waals surface area contributed by atoms with Gasteiger partial charge in [-0.2, -0.15) is 0 Å². The van der Waals surface area contributed by atoms with Gasteiger partial charge < -0.3 is 15.2 Å². The van der Waals surface area contributed by atoms with Crippen LogP contribution in [0.3, 0.4) is 0 Å². The number of unbranched alkanes of at least 4 members (excludes halogenated alkanes) is 2. The molecule has 0 saturated carbocycles. The molecule has 1 rings (SSSR count). The Bertz CT molecular complexity index is 428. The first-order valence-corrected chi connectivity index (χ1v) is 6.71. The molecule has 5 nitrogen and oxygen atoms in total. The summed E-state index contributed by atoms with van der Waals surface area (Å²) in [6.45, 7) is 1.10. The van der Waals surface area contributed by atoms with Gasteiger partial charge in [0.2, 0.25) is 0 Å². The summed E-state index contributed by atoms with van der Waals surface area (Å²) < 4.78 is 5.01. The van der Waals surface area contributed by atoms with E-state index in [9.17, 15) is 9.59 Å². The molecular weight excluding hydrogens is 258 g/mol. The van der Waals surface area contributed by atoms with Crippen molar-refractivity contribution in [3.05, 3.63) is 35.4 Å². The molecule has 1 amide bonds. The summed E-state index contributed by atoms with van der Waals surface area (Å²) >= 11 is 0. The second-order valence-corrected chi connectivity index (χ2v) is 4.59. The maximum atomic E-state index is 11.8. The maximum absolute atomic E-state index is 11.8. The van der Waals surface area contributed by atoms with E-state index in [4.69, 9.17) is 9.84 Å². The fourth-order valence-corrected chi connectivity index (χ4v) is 1.80. The molecule has 0 radical (unpaired) electrons. The van der Waals surface area contributed by atoms with Gasteiger partial charge in [0.25, 0.3) is 5.91 Å². The highest BCUT2D eigenvalue weighted by Gasteiger charge is 2.04. The van der Waals surface area contributed by atoms with E-state index in [1.54, 1.807) is 19.2 Å². The SMILES string of the molecule is COCc1ccc(C(=O)NCCCCCC(=O)O)cc1. The average Bonchev–Trinajstić information content (AvgIpc) is 2.43. The molecule has 0 saturated heterocycles. The second-order valence-electron chi connectivity index (χ2n) is 4.59. The van der Waals surface area contributed by atoms with Crippen LogP contribution in [0.15, 0.2) is 24.3 Å². The van der Waals surface area contributed by atoms with Crippen LogP contribution in [0.4, 0.5) is 0 Å². The van der Waals surface area contributed by atoms with Crippen LogP contribution in [-0.2, 0) is 16.1 Å². The molecule has 0 atom stereocenters. The van der Waals surface area contributed by atoms with Gasteiger partial charge in [-0.15, -0.1) is 0 Å². The summed E-state index contributed by atoms with van der Waals surface area (Å²) in [7, 11) is 1.63. The van der Waals surface area contributed by atoms with Crippen molar-refractivity contribution in [2.24, 2.45) is 0 Å². The molecule has 0 aliphatic carbocycles. The van der Waals surface area contributed by atoms with Crippen molar-refractivity contribution in [2.75, 3.05) is 13.7 Å². The van der Waals surface area contributed by atoms with E-state index < -0.39 is 5.97 Å². The first-order valence-electron chi connectivity index (χ1n) is 6.71. The summed E-state index contributed by atoms with van der Waals surface area (Å²) in [4.78, 5) is 22.1. The Morgan fingerprint density at radius 1 is 1.15 bits per heavy atom. The number of hydrogen-bond acceptors (Lipinski definition) is 3. The van der Waals surface area contributed by atoms with E-state index in [-0.39, 0.29) is 12.3 Å². The lowest BCUT2D eigenvalue weighted by Crippen LogP contribution is -2.24. The Morgan fingerprint density at radius 2 is 1.85 bits per heavy atom. The van der Waals surface area contributed by atoms with Crippen molar-refractivity contribution in [1.82, 2.24) is 5.32 Å². The van der Waals surface area contributed by atoms with Crippen LogP contribution in [0.5, 0.6) is 0 Å². The van der Waals surface area contributed by atoms with Crippen LogP contribution >= 0.6 is 0 Å². The number of amides is 1. The normalized spacial score (nSPS) is 10.2. The molecule has 0 aromatic heterocycles. The van der Waals surface area contributed by atoms with E-state index in [1.807, 2.05) is 12.1 Å². The van der Waals surface area contributed by atoms with Gasteiger partial charge in [0.15, 0.2) is 0 Å². The number of benzene rings is 1. The number of ether oxygens (including phenoxy) is 1. The van der Waals surface area contributed by atoms with Crippen LogP contribution in [0, 0.1) is 0 Å². The van der Waals surface area contributed by atoms with Gasteiger partial charge in [0.1, 0.15) is 0 Å². The lowest BCUT2D eigenvalue weighted by molar-refractivity contribution is -0.137. The molecule has 0 aliphatic rings. The van der Waals surface area contributed by atoms with Crippen LogP contribution in [0.25, 0.3) is 0 Å². The van der Waals surface area contributed by atoms with Gasteiger partial charge in [-0.25, -0.2) is 0 Å². The Labute approximate surface area is 118 Å². The van der Waals surface area contributed by atoms with Crippen LogP contribution in [-0.4, -0.2) is 30.6 Å². The third kappa shape index (κ3) is 6.33. The Morgan fingerprint density at radius 3 is 2.45 bits per heavy atom. The summed E-state index contributed by atoms with van der Waals surface area (Å²) in [6.07, 6.45) is 2.44. The number of methoxy groups -OCH3 is 1. The zero-order chi connectivity index (χ0) is 14.8. The molecule has 20 heavy (non-hydrogen) atoms. The topological polar surface area (TPSA) is 75.6 Å². The maximum Gasteiger partial charge on any atom is 0.303 e. The van der Waals surface area contributed by atoms with Crippen LogP contribution in [0.1, 0.15) is 41.6 Å². The number of carbonyl (C=O) groups is 2. The number of aliphatic carboxylic acids is 1. The number of carboxylic acid groups (broad SMARTS) is 1. The summed E-state index contributed by atoms with van der Waals surface area (Å²) in [5.74, 6) is -0.877. The third-order valence-electron chi connectivity index (χ3n) is 2.88. The van der Waals surface area contributed by atoms with Gasteiger partial charge >= 0.3 is 5.97 Å². The molecule has 5 heteroatoms. The van der Waals surface area contributed by atoms with Crippen LogP contribution in [0.2, 0.25) is 0 Å². The van der Waals surface area contributed by atoms with Gasteiger partial charge in [0.05, 0.1) is 6.61 Å². The Balaban J connectivity index is 2.23. The largest absolute Gasteiger partial charge is 0.481 e. The van der Waals surface area contributed by atoms with Gasteiger partial charge in [-0.1, -0.05) is 18.6 Å². The van der Waals surface area contributed by atoms with Gasteiger partial charge in [-0.05, 0) is 30.5 Å². The quantitative estimate of drug-likeness (QED) is 0.679. The molecule has 0 fully saturated rings. The summed E-state index contributed by atoms with van der Waals surface area (Å²) in [5, 5.41) is 11.3. The average molecular weight is 279 g/mol. The zero-order valence-corrected chi connectivity index (χ0v) is 11.7. The molecule has 0 spiro atoms. The molecule has 0 unspecified atom stereocenters. The first-order chi connectivity index (χ1) is 9.63. The van der Waals surface area contributed by atoms with Gasteiger partial charge in [0, 0.05) is 25.6 Å². The number of carbonyl (C=O) groups excluding carboxylic acids is 1. The predicted octanol–water partition coefficient (Wildman–Crippen LogP) is 2.21. The predicted molar refractivity (Wildman–Crippen MR) is 75.6 cm³/mol. The van der Waals surface area contributed by atoms with E-state index in [0.717, 1.165) is 18.4 Å². The van der Waals surface area contributed by atoms with Gasteiger partial charge in [-0.3, -0.25) is 9.59 Å². The monoisotopic (exact) mass is 279 g/mol. The Hall–Kier alpha value is -1.88. The number of nitrogens with one attached hydrogen (secondary N) is 1. The molecule has 1 aromatic rings. The van der Waals surface area contributed by atoms with Crippen molar-refractivity contribution < 1.29 is 19.4 Å². The highest BCUT2D eigenvalue weighted by molar-refractivity contribution is 5.94. The number of rotatable bonds is 9. The lowest BCUT2D eigenvalue weighted by atomic mass is 10.1. The summed E-state index contributed by atoms with van der Waals surface area (Å²) in [6, 6.07) is 7.28. The number of hydrogen-bond donors (Lipinski definition) is 2. The minimum Gasteiger partial charge on any atom is -0.481 e. The zero-order valence-electron chi connectivity index (χ0n) is 11.7. The smallest absolute Gasteiger partial charge is 0.303 e. The Kier molecular flexibility index (Phi) is 7.35. The molecule has 2 N–H and O–H groups in total. The fraction of sp³-hybridized carbons (Fsp3) is 0.467. The van der Waals surface area contributed by atoms with E-state index in [1.165, 1.54) is 0 Å². The van der Waals surface area contributed by atoms with Crippen molar-refractivity contribution in [1.29, 1.82) is 0 Å². The highest BCUT2D eigenvalue weighted by Crippen LogP contribution is 2.06. The van der Waals surface area contributed by atoms with Crippen molar-refractivity contribution in [2.45, 2.75) is 32.3 Å². The van der Waals surface area contributed by atoms with Crippen LogP contribution < -0.4 is 5.32 Å². The van der Waals surface area contributed by atoms with E-state index in [0.29, 0.717) is 25.1 Å². The third-order valence-corrected chi connectivity index (χ3v) is 2.88. The lowest BCUT2D eigenvalue weighted by Gasteiger charge is -2.06. The minimum absolute atomic E-state index is 0.104.